The molecule has 0 bridgehead atoms. The minimum Gasteiger partial charge on any atom is -0.497 e. The van der Waals surface area contributed by atoms with Crippen molar-refractivity contribution in [3.05, 3.63) is 29.8 Å². The second-order valence-electron chi connectivity index (χ2n) is 4.04. The van der Waals surface area contributed by atoms with Gasteiger partial charge in [-0.2, -0.15) is 0 Å². The van der Waals surface area contributed by atoms with Crippen molar-refractivity contribution in [2.24, 2.45) is 0 Å². The highest BCUT2D eigenvalue weighted by molar-refractivity contribution is 5.76. The Bertz CT molecular complexity index is 445. The van der Waals surface area contributed by atoms with Gasteiger partial charge in [-0.25, -0.2) is 0 Å². The summed E-state index contributed by atoms with van der Waals surface area (Å²) in [6.45, 7) is 3.49. The van der Waals surface area contributed by atoms with E-state index in [4.69, 9.17) is 9.47 Å². The van der Waals surface area contributed by atoms with Crippen molar-refractivity contribution in [3.8, 4) is 5.75 Å². The fourth-order valence-electron chi connectivity index (χ4n) is 1.74. The molecule has 5 heteroatoms. The van der Waals surface area contributed by atoms with Crippen LogP contribution in [0.25, 0.3) is 0 Å². The number of carbonyl (C=O) groups is 2. The van der Waals surface area contributed by atoms with E-state index in [0.717, 1.165) is 5.56 Å². The molecule has 0 aliphatic heterocycles. The van der Waals surface area contributed by atoms with E-state index in [1.165, 1.54) is 6.92 Å². The molecule has 1 aromatic rings. The van der Waals surface area contributed by atoms with Crippen LogP contribution in [0.3, 0.4) is 0 Å². The van der Waals surface area contributed by atoms with Crippen LogP contribution in [-0.2, 0) is 14.3 Å². The van der Waals surface area contributed by atoms with E-state index in [2.05, 4.69) is 5.32 Å². The van der Waals surface area contributed by atoms with Crippen LogP contribution in [0.15, 0.2) is 24.3 Å². The Hall–Kier alpha value is -2.04. The fraction of sp³-hybridized carbons (Fsp3) is 0.429. The molecule has 19 heavy (non-hydrogen) atoms. The van der Waals surface area contributed by atoms with Crippen molar-refractivity contribution < 1.29 is 19.1 Å². The van der Waals surface area contributed by atoms with Crippen molar-refractivity contribution in [2.45, 2.75) is 26.3 Å². The number of methoxy groups -OCH3 is 1. The van der Waals surface area contributed by atoms with Gasteiger partial charge in [0.25, 0.3) is 0 Å². The molecule has 5 nitrogen and oxygen atoms in total. The number of esters is 1. The van der Waals surface area contributed by atoms with Gasteiger partial charge in [-0.05, 0) is 24.6 Å². The molecule has 0 radical (unpaired) electrons. The Kier molecular flexibility index (Phi) is 5.85. The first kappa shape index (κ1) is 15.0. The topological polar surface area (TPSA) is 64.6 Å². The van der Waals surface area contributed by atoms with E-state index < -0.39 is 6.04 Å². The van der Waals surface area contributed by atoms with Crippen LogP contribution >= 0.6 is 0 Å². The normalized spacial score (nSPS) is 11.5. The molecule has 0 fully saturated rings. The predicted octanol–water partition coefficient (Wildman–Crippen LogP) is 1.83. The second kappa shape index (κ2) is 7.41. The van der Waals surface area contributed by atoms with Crippen LogP contribution in [0.4, 0.5) is 0 Å². The predicted molar refractivity (Wildman–Crippen MR) is 70.8 cm³/mol. The first-order chi connectivity index (χ1) is 9.06. The number of carbonyl (C=O) groups excluding carboxylic acids is 2. The Morgan fingerprint density at radius 1 is 1.37 bits per heavy atom. The molecule has 0 aliphatic carbocycles. The number of nitrogens with one attached hydrogen (secondary N) is 1. The lowest BCUT2D eigenvalue weighted by Crippen LogP contribution is -2.28. The fourth-order valence-corrected chi connectivity index (χ4v) is 1.74. The monoisotopic (exact) mass is 265 g/mol. The lowest BCUT2D eigenvalue weighted by Gasteiger charge is -2.18. The third-order valence-electron chi connectivity index (χ3n) is 2.55. The van der Waals surface area contributed by atoms with Crippen LogP contribution in [-0.4, -0.2) is 25.6 Å². The van der Waals surface area contributed by atoms with E-state index in [9.17, 15) is 9.59 Å². The average Bonchev–Trinajstić information content (AvgIpc) is 2.38. The molecule has 1 atom stereocenters. The third-order valence-corrected chi connectivity index (χ3v) is 2.55. The molecule has 0 saturated carbocycles. The van der Waals surface area contributed by atoms with Gasteiger partial charge >= 0.3 is 5.97 Å². The van der Waals surface area contributed by atoms with Crippen LogP contribution in [0, 0.1) is 0 Å². The Morgan fingerprint density at radius 2 is 2.11 bits per heavy atom. The Balaban J connectivity index is 2.88. The van der Waals surface area contributed by atoms with Gasteiger partial charge in [0.1, 0.15) is 5.75 Å². The van der Waals surface area contributed by atoms with E-state index in [0.29, 0.717) is 12.4 Å². The summed E-state index contributed by atoms with van der Waals surface area (Å²) in [5.41, 5.74) is 0.808. The number of benzene rings is 1. The number of amides is 1. The van der Waals surface area contributed by atoms with Crippen LogP contribution in [0.2, 0.25) is 0 Å². The highest BCUT2D eigenvalue weighted by atomic mass is 16.5. The first-order valence-corrected chi connectivity index (χ1v) is 6.13. The highest BCUT2D eigenvalue weighted by Crippen LogP contribution is 2.22. The van der Waals surface area contributed by atoms with Gasteiger partial charge in [0.15, 0.2) is 0 Å². The maximum atomic E-state index is 11.6. The Morgan fingerprint density at radius 3 is 2.68 bits per heavy atom. The first-order valence-electron chi connectivity index (χ1n) is 6.13. The van der Waals surface area contributed by atoms with Gasteiger partial charge in [-0.1, -0.05) is 12.1 Å². The van der Waals surface area contributed by atoms with Gasteiger partial charge in [0, 0.05) is 6.92 Å². The molecule has 0 heterocycles. The number of hydrogen-bond donors (Lipinski definition) is 1. The zero-order valence-electron chi connectivity index (χ0n) is 11.4. The van der Waals surface area contributed by atoms with Gasteiger partial charge in [-0.3, -0.25) is 9.59 Å². The molecule has 0 saturated heterocycles. The number of hydrogen-bond acceptors (Lipinski definition) is 4. The van der Waals surface area contributed by atoms with Gasteiger partial charge < -0.3 is 14.8 Å². The maximum absolute atomic E-state index is 11.6. The molecule has 0 aliphatic rings. The van der Waals surface area contributed by atoms with Gasteiger partial charge in [-0.15, -0.1) is 0 Å². The number of ether oxygens (including phenoxy) is 2. The Labute approximate surface area is 112 Å². The minimum atomic E-state index is -0.411. The molecule has 0 spiro atoms. The zero-order valence-corrected chi connectivity index (χ0v) is 11.4. The van der Waals surface area contributed by atoms with E-state index in [1.54, 1.807) is 26.2 Å². The number of rotatable bonds is 6. The molecule has 0 aromatic heterocycles. The summed E-state index contributed by atoms with van der Waals surface area (Å²) in [6.07, 6.45) is 0.0978. The van der Waals surface area contributed by atoms with Crippen LogP contribution in [0.5, 0.6) is 5.75 Å². The quantitative estimate of drug-likeness (QED) is 0.797. The molecular formula is C14H19NO4. The SMILES string of the molecule is CCOC(=O)CC(NC(C)=O)c1cccc(OC)c1. The summed E-state index contributed by atoms with van der Waals surface area (Å²) in [6, 6.07) is 6.83. The molecule has 1 aromatic carbocycles. The molecular weight excluding hydrogens is 246 g/mol. The lowest BCUT2D eigenvalue weighted by atomic mass is 10.0. The van der Waals surface area contributed by atoms with Crippen LogP contribution in [0.1, 0.15) is 31.9 Å². The molecule has 1 N–H and O–H groups in total. The van der Waals surface area contributed by atoms with E-state index >= 15 is 0 Å². The standard InChI is InChI=1S/C14H19NO4/c1-4-19-14(17)9-13(15-10(2)16)11-6-5-7-12(8-11)18-3/h5-8,13H,4,9H2,1-3H3,(H,15,16). The van der Waals surface area contributed by atoms with Crippen molar-refractivity contribution in [1.29, 1.82) is 0 Å². The summed E-state index contributed by atoms with van der Waals surface area (Å²) in [5.74, 6) is 0.137. The molecule has 1 amide bonds. The molecule has 1 rings (SSSR count). The summed E-state index contributed by atoms with van der Waals surface area (Å²) in [7, 11) is 1.57. The average molecular weight is 265 g/mol. The van der Waals surface area contributed by atoms with E-state index in [1.807, 2.05) is 12.1 Å². The smallest absolute Gasteiger partial charge is 0.308 e. The second-order valence-corrected chi connectivity index (χ2v) is 4.04. The van der Waals surface area contributed by atoms with Crippen molar-refractivity contribution in [3.63, 3.8) is 0 Å². The highest BCUT2D eigenvalue weighted by Gasteiger charge is 2.18. The van der Waals surface area contributed by atoms with Crippen LogP contribution < -0.4 is 10.1 Å². The summed E-state index contributed by atoms with van der Waals surface area (Å²) in [5, 5.41) is 2.74. The lowest BCUT2D eigenvalue weighted by molar-refractivity contribution is -0.143. The van der Waals surface area contributed by atoms with Crippen molar-refractivity contribution >= 4 is 11.9 Å². The summed E-state index contributed by atoms with van der Waals surface area (Å²) in [4.78, 5) is 22.8. The van der Waals surface area contributed by atoms with E-state index in [-0.39, 0.29) is 18.3 Å². The van der Waals surface area contributed by atoms with Crippen molar-refractivity contribution in [1.82, 2.24) is 5.32 Å². The van der Waals surface area contributed by atoms with Crippen molar-refractivity contribution in [2.75, 3.05) is 13.7 Å². The zero-order chi connectivity index (χ0) is 14.3. The molecule has 1 unspecified atom stereocenters. The maximum Gasteiger partial charge on any atom is 0.308 e. The largest absolute Gasteiger partial charge is 0.497 e. The summed E-state index contributed by atoms with van der Waals surface area (Å²) >= 11 is 0. The summed E-state index contributed by atoms with van der Waals surface area (Å²) < 4.78 is 10.0. The molecule has 104 valence electrons. The van der Waals surface area contributed by atoms with Gasteiger partial charge in [0.05, 0.1) is 26.2 Å². The minimum absolute atomic E-state index is 0.0978. The van der Waals surface area contributed by atoms with Gasteiger partial charge in [0.2, 0.25) is 5.91 Å². The third kappa shape index (κ3) is 4.99.